The van der Waals surface area contributed by atoms with Gasteiger partial charge >= 0.3 is 0 Å². The standard InChI is InChI=1S/C76H78N10O3/c1-5-6-7-8-9-10-11-12-13-14-15-16-17-18-19-20-70(87)77-59-29-23-57(24-30-59)75(88)79-61-31-25-58(26-32-61)76(89)78-60-27-21-53(22-28-60)71-62-33-35-64(80-62)72(54-41-47-84(2)48-42-54)66-37-39-68(82-66)74(56-45-51-86(4)52-46-56)69-40-38-67(83-69)73(65-36-34-63(71)81-65)55-43-49-85(3)50-44-55/h21-52H,5-20H2,1-4H3,(H2-2,77,78,79,80,81,82,83,87,88,89)/p+3. The predicted octanol–water partition coefficient (Wildman–Crippen LogP) is 16.5. The van der Waals surface area contributed by atoms with Crippen molar-refractivity contribution < 1.29 is 28.1 Å². The molecule has 9 aromatic rings. The van der Waals surface area contributed by atoms with E-state index in [1.54, 1.807) is 48.5 Å². The minimum atomic E-state index is -0.298. The van der Waals surface area contributed by atoms with Crippen LogP contribution in [0.4, 0.5) is 17.1 Å². The number of H-pyrrole nitrogens is 2. The summed E-state index contributed by atoms with van der Waals surface area (Å²) in [6.07, 6.45) is 40.4. The van der Waals surface area contributed by atoms with Crippen LogP contribution in [0.15, 0.2) is 171 Å². The van der Waals surface area contributed by atoms with E-state index >= 15 is 0 Å². The number of amides is 3. The number of aromatic nitrogens is 7. The molecule has 2 aliphatic heterocycles. The molecule has 0 saturated carbocycles. The third-order valence-electron chi connectivity index (χ3n) is 16.8. The van der Waals surface area contributed by atoms with Crippen LogP contribution in [0.2, 0.25) is 0 Å². The highest BCUT2D eigenvalue weighted by Gasteiger charge is 2.21. The molecule has 0 unspecified atom stereocenters. The van der Waals surface area contributed by atoms with Crippen molar-refractivity contribution in [2.75, 3.05) is 16.0 Å². The minimum Gasteiger partial charge on any atom is -0.354 e. The second-order valence-corrected chi connectivity index (χ2v) is 23.6. The molecule has 450 valence electrons. The highest BCUT2D eigenvalue weighted by atomic mass is 16.2. The maximum atomic E-state index is 13.8. The predicted molar refractivity (Wildman–Crippen MR) is 361 cm³/mol. The van der Waals surface area contributed by atoms with Crippen LogP contribution in [0.25, 0.3) is 90.9 Å². The topological polar surface area (TPSA) is 156 Å². The van der Waals surface area contributed by atoms with Gasteiger partial charge in [-0.1, -0.05) is 109 Å². The van der Waals surface area contributed by atoms with Crippen LogP contribution in [0, 0.1) is 0 Å². The van der Waals surface area contributed by atoms with Crippen molar-refractivity contribution >= 4 is 81.2 Å². The van der Waals surface area contributed by atoms with Gasteiger partial charge in [0.1, 0.15) is 21.1 Å². The fourth-order valence-corrected chi connectivity index (χ4v) is 11.8. The maximum Gasteiger partial charge on any atom is 0.255 e. The van der Waals surface area contributed by atoms with Gasteiger partial charge in [0.05, 0.1) is 22.8 Å². The van der Waals surface area contributed by atoms with Gasteiger partial charge in [0.15, 0.2) is 37.2 Å². The Hall–Kier alpha value is -9.88. The number of pyridine rings is 3. The summed E-state index contributed by atoms with van der Waals surface area (Å²) in [5.41, 5.74) is 17.2. The van der Waals surface area contributed by atoms with Crippen molar-refractivity contribution in [2.24, 2.45) is 21.1 Å². The molecule has 0 saturated heterocycles. The molecular weight excluding hydrogens is 1100 g/mol. The summed E-state index contributed by atoms with van der Waals surface area (Å²) in [5, 5.41) is 8.98. The lowest BCUT2D eigenvalue weighted by atomic mass is 10.0. The van der Waals surface area contributed by atoms with Gasteiger partial charge in [-0.05, 0) is 138 Å². The van der Waals surface area contributed by atoms with Crippen LogP contribution in [-0.4, -0.2) is 37.7 Å². The zero-order chi connectivity index (χ0) is 61.5. The van der Waals surface area contributed by atoms with Crippen LogP contribution in [0.1, 0.15) is 153 Å². The number of aryl methyl sites for hydroxylation is 3. The van der Waals surface area contributed by atoms with E-state index in [0.29, 0.717) is 34.6 Å². The monoisotopic (exact) mass is 1180 g/mol. The normalized spacial score (nSPS) is 11.7. The van der Waals surface area contributed by atoms with Gasteiger partial charge in [0, 0.05) is 115 Å². The van der Waals surface area contributed by atoms with Gasteiger partial charge < -0.3 is 25.9 Å². The molecule has 0 radical (unpaired) electrons. The number of nitrogens with one attached hydrogen (secondary N) is 5. The van der Waals surface area contributed by atoms with Crippen molar-refractivity contribution in [1.29, 1.82) is 0 Å². The van der Waals surface area contributed by atoms with Crippen LogP contribution >= 0.6 is 0 Å². The largest absolute Gasteiger partial charge is 0.354 e. The maximum absolute atomic E-state index is 13.8. The first-order valence-electron chi connectivity index (χ1n) is 31.8. The zero-order valence-electron chi connectivity index (χ0n) is 51.7. The highest BCUT2D eigenvalue weighted by molar-refractivity contribution is 6.07. The van der Waals surface area contributed by atoms with Gasteiger partial charge in [0.2, 0.25) is 5.91 Å². The Kier molecular flexibility index (Phi) is 20.0. The molecule has 89 heavy (non-hydrogen) atoms. The molecule has 2 aliphatic rings. The van der Waals surface area contributed by atoms with Crippen LogP contribution in [-0.2, 0) is 25.9 Å². The first kappa shape index (κ1) is 60.8. The van der Waals surface area contributed by atoms with E-state index in [-0.39, 0.29) is 17.7 Å². The SMILES string of the molecule is CCCCCCCCCCCCCCCCCC(=O)Nc1ccc(C(=O)Nc2ccc(C(=O)Nc3ccc(-c4c5nc(c(-c6cc[n+](C)cc6)c6ccc([nH]6)c(-c6cc[n+](C)cc6)c6nc(c(-c7cc[n+](C)cc7)c7ccc4[nH]7)C=C6)C=C5)cc3)cc2)cc1. The number of benzene rings is 3. The molecule has 6 aromatic heterocycles. The molecule has 0 atom stereocenters. The Balaban J connectivity index is 0.780. The number of hydrogen-bond acceptors (Lipinski definition) is 5. The van der Waals surface area contributed by atoms with Crippen LogP contribution in [0.3, 0.4) is 0 Å². The quantitative estimate of drug-likeness (QED) is 0.0285. The lowest BCUT2D eigenvalue weighted by molar-refractivity contribution is -0.671. The second-order valence-electron chi connectivity index (χ2n) is 23.6. The number of hydrogen-bond donors (Lipinski definition) is 5. The van der Waals surface area contributed by atoms with Gasteiger partial charge in [-0.3, -0.25) is 14.4 Å². The number of unbranched alkanes of at least 4 members (excludes halogenated alkanes) is 14. The van der Waals surface area contributed by atoms with E-state index < -0.39 is 0 Å². The minimum absolute atomic E-state index is 0.0127. The zero-order valence-corrected chi connectivity index (χ0v) is 51.7. The fourth-order valence-electron chi connectivity index (χ4n) is 11.8. The van der Waals surface area contributed by atoms with E-state index in [9.17, 15) is 14.4 Å². The molecule has 3 aromatic carbocycles. The molecule has 11 rings (SSSR count). The number of carbonyl (C=O) groups excluding carboxylic acids is 3. The van der Waals surface area contributed by atoms with Gasteiger partial charge in [-0.15, -0.1) is 0 Å². The Bertz CT molecular complexity index is 4140. The molecule has 0 spiro atoms. The molecule has 13 heteroatoms. The summed E-state index contributed by atoms with van der Waals surface area (Å²) in [5.74, 6) is -0.606. The summed E-state index contributed by atoms with van der Waals surface area (Å²) in [6.45, 7) is 2.27. The summed E-state index contributed by atoms with van der Waals surface area (Å²) >= 11 is 0. The number of fused-ring (bicyclic) bond motifs is 8. The van der Waals surface area contributed by atoms with Crippen molar-refractivity contribution in [3.63, 3.8) is 0 Å². The number of carbonyl (C=O) groups is 3. The highest BCUT2D eigenvalue weighted by Crippen LogP contribution is 2.38. The van der Waals surface area contributed by atoms with E-state index in [1.807, 2.05) is 83.9 Å². The fraction of sp³-hybridized carbons (Fsp3) is 0.263. The molecule has 3 amide bonds. The first-order chi connectivity index (χ1) is 43.5. The molecule has 13 nitrogen and oxygen atoms in total. The van der Waals surface area contributed by atoms with Crippen molar-refractivity contribution in [3.05, 3.63) is 205 Å². The molecular formula is C76H81N10O3+3. The molecule has 0 fully saturated rings. The average molecular weight is 1180 g/mol. The van der Waals surface area contributed by atoms with Gasteiger partial charge in [-0.2, -0.15) is 0 Å². The van der Waals surface area contributed by atoms with E-state index in [4.69, 9.17) is 9.97 Å². The summed E-state index contributed by atoms with van der Waals surface area (Å²) in [4.78, 5) is 58.4. The Labute approximate surface area is 522 Å². The Morgan fingerprint density at radius 1 is 0.348 bits per heavy atom. The smallest absolute Gasteiger partial charge is 0.255 e. The average Bonchev–Trinajstić information content (AvgIpc) is 1.69. The second kappa shape index (κ2) is 29.2. The first-order valence-corrected chi connectivity index (χ1v) is 31.8. The molecule has 8 bridgehead atoms. The summed E-state index contributed by atoms with van der Waals surface area (Å²) in [7, 11) is 6.04. The van der Waals surface area contributed by atoms with Gasteiger partial charge in [0.25, 0.3) is 11.8 Å². The lowest BCUT2D eigenvalue weighted by Gasteiger charge is -2.10. The summed E-state index contributed by atoms with van der Waals surface area (Å²) in [6, 6.07) is 42.7. The lowest BCUT2D eigenvalue weighted by Crippen LogP contribution is -2.25. The van der Waals surface area contributed by atoms with Gasteiger partial charge in [-0.25, -0.2) is 23.7 Å². The Morgan fingerprint density at radius 2 is 0.629 bits per heavy atom. The van der Waals surface area contributed by atoms with E-state index in [2.05, 4.69) is 130 Å². The van der Waals surface area contributed by atoms with Crippen molar-refractivity contribution in [1.82, 2.24) is 19.9 Å². The number of anilines is 3. The Morgan fingerprint density at radius 3 is 0.955 bits per heavy atom. The number of rotatable bonds is 25. The van der Waals surface area contributed by atoms with E-state index in [1.165, 1.54) is 83.5 Å². The molecule has 5 N–H and O–H groups in total. The molecule has 0 aliphatic carbocycles. The van der Waals surface area contributed by atoms with Crippen LogP contribution in [0.5, 0.6) is 0 Å². The number of nitrogens with zero attached hydrogens (tertiary/aromatic N) is 5. The van der Waals surface area contributed by atoms with Crippen molar-refractivity contribution in [2.45, 2.75) is 110 Å². The van der Waals surface area contributed by atoms with E-state index in [0.717, 1.165) is 102 Å². The molecule has 8 heterocycles. The summed E-state index contributed by atoms with van der Waals surface area (Å²) < 4.78 is 6.08. The third-order valence-corrected chi connectivity index (χ3v) is 16.8. The van der Waals surface area contributed by atoms with Crippen LogP contribution < -0.4 is 29.7 Å². The third kappa shape index (κ3) is 15.5. The number of aromatic amines is 2. The van der Waals surface area contributed by atoms with Crippen molar-refractivity contribution in [3.8, 4) is 44.5 Å².